The van der Waals surface area contributed by atoms with E-state index >= 15 is 0 Å². The zero-order valence-corrected chi connectivity index (χ0v) is 9.11. The number of likely N-dealkylation sites (N-methyl/N-ethyl adjacent to an activating group) is 1. The van der Waals surface area contributed by atoms with Gasteiger partial charge in [0, 0.05) is 12.6 Å². The summed E-state index contributed by atoms with van der Waals surface area (Å²) < 4.78 is 0. The van der Waals surface area contributed by atoms with Crippen LogP contribution in [0.1, 0.15) is 32.6 Å². The molecule has 3 atom stereocenters. The highest BCUT2D eigenvalue weighted by molar-refractivity contribution is 4.95. The Bertz CT molecular complexity index is 210. The normalized spacial score (nSPS) is 29.9. The van der Waals surface area contributed by atoms with Gasteiger partial charge in [0.1, 0.15) is 0 Å². The zero-order valence-electron chi connectivity index (χ0n) is 9.11. The van der Waals surface area contributed by atoms with E-state index in [9.17, 15) is 5.11 Å². The van der Waals surface area contributed by atoms with E-state index in [4.69, 9.17) is 5.26 Å². The summed E-state index contributed by atoms with van der Waals surface area (Å²) in [5, 5.41) is 18.3. The van der Waals surface area contributed by atoms with Gasteiger partial charge in [0.25, 0.3) is 0 Å². The maximum absolute atomic E-state index is 9.29. The van der Waals surface area contributed by atoms with E-state index in [-0.39, 0.29) is 12.0 Å². The molecule has 0 aromatic rings. The van der Waals surface area contributed by atoms with Crippen LogP contribution >= 0.6 is 0 Å². The molecule has 14 heavy (non-hydrogen) atoms. The molecule has 3 nitrogen and oxygen atoms in total. The van der Waals surface area contributed by atoms with E-state index in [0.29, 0.717) is 12.6 Å². The zero-order chi connectivity index (χ0) is 10.6. The Hall–Kier alpha value is -0.590. The van der Waals surface area contributed by atoms with Gasteiger partial charge in [0.05, 0.1) is 18.1 Å². The SMILES string of the molecule is CC(O)CN(C)C1CCCCC1C#N. The van der Waals surface area contributed by atoms with Gasteiger partial charge in [-0.15, -0.1) is 0 Å². The molecule has 0 spiro atoms. The molecular formula is C11H20N2O. The molecule has 0 aromatic carbocycles. The molecule has 0 radical (unpaired) electrons. The van der Waals surface area contributed by atoms with Gasteiger partial charge in [-0.1, -0.05) is 12.8 Å². The monoisotopic (exact) mass is 196 g/mol. The number of aliphatic hydroxyl groups is 1. The Kier molecular flexibility index (Phi) is 4.37. The second kappa shape index (κ2) is 5.33. The topological polar surface area (TPSA) is 47.3 Å². The second-order valence-corrected chi connectivity index (χ2v) is 4.38. The average molecular weight is 196 g/mol. The van der Waals surface area contributed by atoms with Gasteiger partial charge in [-0.05, 0) is 26.8 Å². The van der Waals surface area contributed by atoms with Crippen molar-refractivity contribution in [3.8, 4) is 6.07 Å². The van der Waals surface area contributed by atoms with E-state index in [2.05, 4.69) is 11.0 Å². The fourth-order valence-electron chi connectivity index (χ4n) is 2.34. The number of nitrogens with zero attached hydrogens (tertiary/aromatic N) is 2. The summed E-state index contributed by atoms with van der Waals surface area (Å²) >= 11 is 0. The third-order valence-electron chi connectivity index (χ3n) is 3.01. The summed E-state index contributed by atoms with van der Waals surface area (Å²) in [5.41, 5.74) is 0. The second-order valence-electron chi connectivity index (χ2n) is 4.38. The van der Waals surface area contributed by atoms with Crippen LogP contribution < -0.4 is 0 Å². The quantitative estimate of drug-likeness (QED) is 0.742. The van der Waals surface area contributed by atoms with Crippen molar-refractivity contribution in [3.05, 3.63) is 0 Å². The van der Waals surface area contributed by atoms with Crippen LogP contribution in [0.25, 0.3) is 0 Å². The molecular weight excluding hydrogens is 176 g/mol. The molecule has 0 aromatic heterocycles. The van der Waals surface area contributed by atoms with Crippen molar-refractivity contribution in [2.24, 2.45) is 5.92 Å². The Morgan fingerprint density at radius 2 is 2.14 bits per heavy atom. The van der Waals surface area contributed by atoms with Gasteiger partial charge < -0.3 is 5.11 Å². The van der Waals surface area contributed by atoms with Crippen molar-refractivity contribution in [1.82, 2.24) is 4.90 Å². The third kappa shape index (κ3) is 2.97. The van der Waals surface area contributed by atoms with E-state index in [1.807, 2.05) is 7.05 Å². The van der Waals surface area contributed by atoms with Gasteiger partial charge in [-0.2, -0.15) is 5.26 Å². The summed E-state index contributed by atoms with van der Waals surface area (Å²) in [6, 6.07) is 2.74. The van der Waals surface area contributed by atoms with Gasteiger partial charge >= 0.3 is 0 Å². The minimum atomic E-state index is -0.304. The van der Waals surface area contributed by atoms with E-state index in [1.165, 1.54) is 12.8 Å². The molecule has 1 fully saturated rings. The maximum Gasteiger partial charge on any atom is 0.0672 e. The first kappa shape index (κ1) is 11.5. The molecule has 1 aliphatic carbocycles. The van der Waals surface area contributed by atoms with Crippen molar-refractivity contribution >= 4 is 0 Å². The van der Waals surface area contributed by atoms with Crippen molar-refractivity contribution in [3.63, 3.8) is 0 Å². The summed E-state index contributed by atoms with van der Waals surface area (Å²) in [6.07, 6.45) is 4.21. The molecule has 0 amide bonds. The van der Waals surface area contributed by atoms with E-state index in [1.54, 1.807) is 6.92 Å². The van der Waals surface area contributed by atoms with Crippen LogP contribution in [-0.4, -0.2) is 35.7 Å². The van der Waals surface area contributed by atoms with E-state index in [0.717, 1.165) is 12.8 Å². The molecule has 1 saturated carbocycles. The van der Waals surface area contributed by atoms with Gasteiger partial charge in [0.2, 0.25) is 0 Å². The fraction of sp³-hybridized carbons (Fsp3) is 0.909. The molecule has 3 unspecified atom stereocenters. The predicted octanol–water partition coefficient (Wildman–Crippen LogP) is 1.38. The van der Waals surface area contributed by atoms with Crippen LogP contribution in [-0.2, 0) is 0 Å². The van der Waals surface area contributed by atoms with Crippen LogP contribution in [0.3, 0.4) is 0 Å². The lowest BCUT2D eigenvalue weighted by Crippen LogP contribution is -2.42. The number of aliphatic hydroxyl groups excluding tert-OH is 1. The lowest BCUT2D eigenvalue weighted by molar-refractivity contribution is 0.0882. The smallest absolute Gasteiger partial charge is 0.0672 e. The summed E-state index contributed by atoms with van der Waals surface area (Å²) in [5.74, 6) is 0.160. The Balaban J connectivity index is 2.51. The Labute approximate surface area is 86.3 Å². The van der Waals surface area contributed by atoms with Gasteiger partial charge in [0.15, 0.2) is 0 Å². The van der Waals surface area contributed by atoms with Crippen molar-refractivity contribution in [1.29, 1.82) is 5.26 Å². The number of hydrogen-bond donors (Lipinski definition) is 1. The first-order valence-electron chi connectivity index (χ1n) is 5.43. The number of rotatable bonds is 3. The summed E-state index contributed by atoms with van der Waals surface area (Å²) in [7, 11) is 2.01. The highest BCUT2D eigenvalue weighted by Crippen LogP contribution is 2.27. The predicted molar refractivity (Wildman–Crippen MR) is 55.7 cm³/mol. The lowest BCUT2D eigenvalue weighted by Gasteiger charge is -2.35. The Morgan fingerprint density at radius 3 is 2.71 bits per heavy atom. The first-order valence-corrected chi connectivity index (χ1v) is 5.43. The molecule has 80 valence electrons. The average Bonchev–Trinajstić information content (AvgIpc) is 2.16. The highest BCUT2D eigenvalue weighted by Gasteiger charge is 2.28. The fourth-order valence-corrected chi connectivity index (χ4v) is 2.34. The van der Waals surface area contributed by atoms with Crippen LogP contribution in [0.4, 0.5) is 0 Å². The van der Waals surface area contributed by atoms with Crippen LogP contribution in [0.15, 0.2) is 0 Å². The number of nitriles is 1. The van der Waals surface area contributed by atoms with Crippen molar-refractivity contribution < 1.29 is 5.11 Å². The molecule has 0 bridgehead atoms. The molecule has 3 heteroatoms. The summed E-state index contributed by atoms with van der Waals surface area (Å²) in [4.78, 5) is 2.14. The third-order valence-corrected chi connectivity index (χ3v) is 3.01. The number of hydrogen-bond acceptors (Lipinski definition) is 3. The first-order chi connectivity index (χ1) is 6.65. The minimum Gasteiger partial charge on any atom is -0.392 e. The minimum absolute atomic E-state index is 0.160. The molecule has 1 aliphatic rings. The standard InChI is InChI=1S/C11H20N2O/c1-9(14)8-13(2)11-6-4-3-5-10(11)7-12/h9-11,14H,3-6,8H2,1-2H3. The highest BCUT2D eigenvalue weighted by atomic mass is 16.3. The van der Waals surface area contributed by atoms with Crippen LogP contribution in [0.2, 0.25) is 0 Å². The lowest BCUT2D eigenvalue weighted by atomic mass is 9.84. The van der Waals surface area contributed by atoms with Crippen molar-refractivity contribution in [2.45, 2.75) is 44.8 Å². The van der Waals surface area contributed by atoms with Crippen LogP contribution in [0.5, 0.6) is 0 Å². The van der Waals surface area contributed by atoms with Crippen LogP contribution in [0, 0.1) is 17.2 Å². The molecule has 0 aliphatic heterocycles. The molecule has 1 N–H and O–H groups in total. The molecule has 0 heterocycles. The largest absolute Gasteiger partial charge is 0.392 e. The Morgan fingerprint density at radius 1 is 1.50 bits per heavy atom. The van der Waals surface area contributed by atoms with Crippen molar-refractivity contribution in [2.75, 3.05) is 13.6 Å². The van der Waals surface area contributed by atoms with E-state index < -0.39 is 0 Å². The van der Waals surface area contributed by atoms with Gasteiger partial charge in [-0.25, -0.2) is 0 Å². The summed E-state index contributed by atoms with van der Waals surface area (Å²) in [6.45, 7) is 2.46. The molecule has 0 saturated heterocycles. The maximum atomic E-state index is 9.29. The molecule has 1 rings (SSSR count). The van der Waals surface area contributed by atoms with Gasteiger partial charge in [-0.3, -0.25) is 4.90 Å².